The summed E-state index contributed by atoms with van der Waals surface area (Å²) in [5, 5.41) is 0. The van der Waals surface area contributed by atoms with Crippen LogP contribution in [0.2, 0.25) is 0 Å². The second kappa shape index (κ2) is 11.0. The van der Waals surface area contributed by atoms with Crippen molar-refractivity contribution in [1.29, 1.82) is 0 Å². The molecule has 0 heterocycles. The molecular weight excluding hydrogens is 144 g/mol. The summed E-state index contributed by atoms with van der Waals surface area (Å²) >= 11 is 0. The highest BCUT2D eigenvalue weighted by Gasteiger charge is 1.89. The van der Waals surface area contributed by atoms with E-state index in [2.05, 4.69) is 41.5 Å². The molecule has 0 aromatic rings. The molecule has 0 radical (unpaired) electrons. The van der Waals surface area contributed by atoms with Gasteiger partial charge in [0, 0.05) is 0 Å². The quantitative estimate of drug-likeness (QED) is 0.566. The molecule has 0 N–H and O–H groups in total. The van der Waals surface area contributed by atoms with Crippen molar-refractivity contribution in [2.75, 3.05) is 0 Å². The second-order valence-corrected chi connectivity index (χ2v) is 3.84. The lowest BCUT2D eigenvalue weighted by atomic mass is 10.1. The van der Waals surface area contributed by atoms with Crippen LogP contribution in [0.3, 0.4) is 0 Å². The molecule has 0 fully saturated rings. The second-order valence-electron chi connectivity index (χ2n) is 3.84. The molecule has 0 atom stereocenters. The Morgan fingerprint density at radius 3 is 0.750 bits per heavy atom. The van der Waals surface area contributed by atoms with Gasteiger partial charge in [-0.3, -0.25) is 0 Å². The SMILES string of the molecule is CCC(C)CC.CCC(C)CC. The van der Waals surface area contributed by atoms with E-state index in [0.29, 0.717) is 0 Å². The van der Waals surface area contributed by atoms with Crippen LogP contribution in [0.5, 0.6) is 0 Å². The zero-order valence-corrected chi connectivity index (χ0v) is 9.98. The first-order valence-electron chi connectivity index (χ1n) is 5.62. The van der Waals surface area contributed by atoms with E-state index in [4.69, 9.17) is 0 Å². The highest BCUT2D eigenvalue weighted by molar-refractivity contribution is 4.42. The number of hydrogen-bond donors (Lipinski definition) is 0. The van der Waals surface area contributed by atoms with Crippen LogP contribution in [-0.4, -0.2) is 0 Å². The Bertz CT molecular complexity index is 48.4. The molecule has 0 aliphatic rings. The molecule has 0 saturated carbocycles. The number of rotatable bonds is 4. The van der Waals surface area contributed by atoms with Crippen molar-refractivity contribution in [3.63, 3.8) is 0 Å². The summed E-state index contributed by atoms with van der Waals surface area (Å²) in [5.74, 6) is 1.87. The van der Waals surface area contributed by atoms with Gasteiger partial charge in [0.2, 0.25) is 0 Å². The van der Waals surface area contributed by atoms with E-state index in [1.54, 1.807) is 0 Å². The summed E-state index contributed by atoms with van der Waals surface area (Å²) in [6.45, 7) is 13.5. The van der Waals surface area contributed by atoms with Crippen LogP contribution in [0.15, 0.2) is 0 Å². The maximum Gasteiger partial charge on any atom is -0.0448 e. The van der Waals surface area contributed by atoms with E-state index in [1.165, 1.54) is 25.7 Å². The monoisotopic (exact) mass is 172 g/mol. The zero-order chi connectivity index (χ0) is 9.98. The normalized spacial score (nSPS) is 10.0. The van der Waals surface area contributed by atoms with Crippen LogP contribution in [0.1, 0.15) is 67.2 Å². The minimum Gasteiger partial charge on any atom is -0.0651 e. The van der Waals surface area contributed by atoms with Gasteiger partial charge in [0.1, 0.15) is 0 Å². The molecule has 0 nitrogen and oxygen atoms in total. The fourth-order valence-electron chi connectivity index (χ4n) is 0.577. The average Bonchev–Trinajstić information content (AvgIpc) is 2.16. The Hall–Kier alpha value is 0. The lowest BCUT2D eigenvalue weighted by molar-refractivity contribution is 0.544. The highest BCUT2D eigenvalue weighted by atomic mass is 14.0. The summed E-state index contributed by atoms with van der Waals surface area (Å²) in [4.78, 5) is 0. The van der Waals surface area contributed by atoms with Gasteiger partial charge in [0.05, 0.1) is 0 Å². The lowest BCUT2D eigenvalue weighted by Gasteiger charge is -1.98. The summed E-state index contributed by atoms with van der Waals surface area (Å²) in [5.41, 5.74) is 0. The summed E-state index contributed by atoms with van der Waals surface area (Å²) in [6.07, 6.45) is 5.32. The standard InChI is InChI=1S/2C6H14/c2*1-4-6(3)5-2/h2*6H,4-5H2,1-3H3. The largest absolute Gasteiger partial charge is 0.0651 e. The van der Waals surface area contributed by atoms with Crippen molar-refractivity contribution in [2.24, 2.45) is 11.8 Å². The molecule has 0 spiro atoms. The Morgan fingerprint density at radius 2 is 0.750 bits per heavy atom. The van der Waals surface area contributed by atoms with Crippen LogP contribution in [0.4, 0.5) is 0 Å². The van der Waals surface area contributed by atoms with Crippen LogP contribution in [-0.2, 0) is 0 Å². The molecule has 0 aromatic carbocycles. The lowest BCUT2D eigenvalue weighted by Crippen LogP contribution is -1.85. The zero-order valence-electron chi connectivity index (χ0n) is 9.98. The third-order valence-corrected chi connectivity index (χ3v) is 2.79. The van der Waals surface area contributed by atoms with Gasteiger partial charge in [-0.05, 0) is 11.8 Å². The molecule has 0 rings (SSSR count). The fourth-order valence-corrected chi connectivity index (χ4v) is 0.577. The van der Waals surface area contributed by atoms with Crippen LogP contribution < -0.4 is 0 Å². The van der Waals surface area contributed by atoms with Gasteiger partial charge in [0.15, 0.2) is 0 Å². The molecule has 0 unspecified atom stereocenters. The summed E-state index contributed by atoms with van der Waals surface area (Å²) in [7, 11) is 0. The molecule has 0 heteroatoms. The molecule has 0 amide bonds. The van der Waals surface area contributed by atoms with Gasteiger partial charge in [-0.15, -0.1) is 0 Å². The Balaban J connectivity index is 0. The smallest absolute Gasteiger partial charge is 0.0448 e. The summed E-state index contributed by atoms with van der Waals surface area (Å²) < 4.78 is 0. The van der Waals surface area contributed by atoms with Crippen molar-refractivity contribution >= 4 is 0 Å². The molecule has 12 heavy (non-hydrogen) atoms. The van der Waals surface area contributed by atoms with Crippen molar-refractivity contribution in [3.8, 4) is 0 Å². The maximum absolute atomic E-state index is 2.28. The third-order valence-electron chi connectivity index (χ3n) is 2.79. The maximum atomic E-state index is 2.28. The topological polar surface area (TPSA) is 0 Å². The van der Waals surface area contributed by atoms with E-state index in [9.17, 15) is 0 Å². The van der Waals surface area contributed by atoms with Gasteiger partial charge in [-0.2, -0.15) is 0 Å². The average molecular weight is 172 g/mol. The van der Waals surface area contributed by atoms with Crippen LogP contribution >= 0.6 is 0 Å². The Kier molecular flexibility index (Phi) is 13.3. The van der Waals surface area contributed by atoms with Crippen molar-refractivity contribution in [3.05, 3.63) is 0 Å². The number of hydrogen-bond acceptors (Lipinski definition) is 0. The first-order chi connectivity index (χ1) is 5.62. The molecular formula is C12H28. The molecule has 0 aromatic heterocycles. The predicted octanol–water partition coefficient (Wildman–Crippen LogP) is 4.89. The summed E-state index contributed by atoms with van der Waals surface area (Å²) in [6, 6.07) is 0. The van der Waals surface area contributed by atoms with Crippen molar-refractivity contribution in [2.45, 2.75) is 67.2 Å². The minimum absolute atomic E-state index is 0.935. The molecule has 0 saturated heterocycles. The van der Waals surface area contributed by atoms with Gasteiger partial charge < -0.3 is 0 Å². The molecule has 0 bridgehead atoms. The first kappa shape index (κ1) is 14.5. The van der Waals surface area contributed by atoms with Gasteiger partial charge in [-0.25, -0.2) is 0 Å². The molecule has 0 aliphatic heterocycles. The van der Waals surface area contributed by atoms with E-state index in [0.717, 1.165) is 11.8 Å². The van der Waals surface area contributed by atoms with Crippen molar-refractivity contribution < 1.29 is 0 Å². The Labute approximate surface area is 79.8 Å². The molecule has 76 valence electrons. The van der Waals surface area contributed by atoms with Crippen LogP contribution in [0, 0.1) is 11.8 Å². The third kappa shape index (κ3) is 12.7. The minimum atomic E-state index is 0.935. The molecule has 0 aliphatic carbocycles. The van der Waals surface area contributed by atoms with Gasteiger partial charge >= 0.3 is 0 Å². The predicted molar refractivity (Wildman–Crippen MR) is 59.5 cm³/mol. The Morgan fingerprint density at radius 1 is 0.583 bits per heavy atom. The van der Waals surface area contributed by atoms with Crippen molar-refractivity contribution in [1.82, 2.24) is 0 Å². The van der Waals surface area contributed by atoms with Gasteiger partial charge in [-0.1, -0.05) is 67.2 Å². The fraction of sp³-hybridized carbons (Fsp3) is 1.00. The van der Waals surface area contributed by atoms with E-state index >= 15 is 0 Å². The van der Waals surface area contributed by atoms with Gasteiger partial charge in [0.25, 0.3) is 0 Å². The van der Waals surface area contributed by atoms with E-state index in [1.807, 2.05) is 0 Å². The highest BCUT2D eigenvalue weighted by Crippen LogP contribution is 2.03. The van der Waals surface area contributed by atoms with Crippen LogP contribution in [0.25, 0.3) is 0 Å². The first-order valence-corrected chi connectivity index (χ1v) is 5.62. The van der Waals surface area contributed by atoms with E-state index in [-0.39, 0.29) is 0 Å². The van der Waals surface area contributed by atoms with E-state index < -0.39 is 0 Å².